The Labute approximate surface area is 105 Å². The summed E-state index contributed by atoms with van der Waals surface area (Å²) >= 11 is 0. The molecule has 0 aliphatic heterocycles. The maximum absolute atomic E-state index is 13.2. The molecule has 0 saturated carbocycles. The molecule has 2 nitrogen and oxygen atoms in total. The van der Waals surface area contributed by atoms with Gasteiger partial charge < -0.3 is 5.73 Å². The van der Waals surface area contributed by atoms with E-state index in [-0.39, 0.29) is 11.5 Å². The Morgan fingerprint density at radius 2 is 2.06 bits per heavy atom. The number of benzene rings is 1. The quantitative estimate of drug-likeness (QED) is 0.811. The van der Waals surface area contributed by atoms with Gasteiger partial charge in [-0.25, -0.2) is 4.39 Å². The topological polar surface area (TPSA) is 43.1 Å². The van der Waals surface area contributed by atoms with E-state index in [9.17, 15) is 9.18 Å². The number of rotatable bonds is 2. The van der Waals surface area contributed by atoms with Gasteiger partial charge in [-0.15, -0.1) is 0 Å². The van der Waals surface area contributed by atoms with Crippen molar-refractivity contribution in [2.45, 2.75) is 12.8 Å². The molecule has 0 unspecified atom stereocenters. The van der Waals surface area contributed by atoms with E-state index in [0.717, 1.165) is 11.6 Å². The second-order valence-electron chi connectivity index (χ2n) is 4.16. The van der Waals surface area contributed by atoms with Crippen molar-refractivity contribution in [3.63, 3.8) is 0 Å². The van der Waals surface area contributed by atoms with E-state index in [1.165, 1.54) is 6.08 Å². The van der Waals surface area contributed by atoms with Gasteiger partial charge in [0.05, 0.1) is 5.70 Å². The third kappa shape index (κ3) is 2.25. The van der Waals surface area contributed by atoms with Crippen LogP contribution in [0.15, 0.2) is 60.1 Å². The van der Waals surface area contributed by atoms with Crippen LogP contribution in [0.5, 0.6) is 0 Å². The highest BCUT2D eigenvalue weighted by Gasteiger charge is 2.20. The summed E-state index contributed by atoms with van der Waals surface area (Å²) in [6, 6.07) is 7.33. The van der Waals surface area contributed by atoms with Crippen LogP contribution >= 0.6 is 0 Å². The SMILES string of the molecule is C=C/C(F)=C\C1=C(N)C(=O)c2ccccc2CC1. The number of carbonyl (C=O) groups excluding carboxylic acids is 1. The summed E-state index contributed by atoms with van der Waals surface area (Å²) in [6.45, 7) is 3.34. The number of nitrogens with two attached hydrogens (primary N) is 1. The van der Waals surface area contributed by atoms with Gasteiger partial charge in [0.1, 0.15) is 5.83 Å². The Balaban J connectivity index is 2.47. The summed E-state index contributed by atoms with van der Waals surface area (Å²) in [5, 5.41) is 0. The first-order valence-electron chi connectivity index (χ1n) is 5.74. The first-order chi connectivity index (χ1) is 8.63. The zero-order valence-electron chi connectivity index (χ0n) is 9.95. The Morgan fingerprint density at radius 1 is 1.33 bits per heavy atom. The fourth-order valence-corrected chi connectivity index (χ4v) is 2.03. The van der Waals surface area contributed by atoms with Gasteiger partial charge in [-0.3, -0.25) is 4.79 Å². The molecule has 0 saturated heterocycles. The number of carbonyl (C=O) groups is 1. The lowest BCUT2D eigenvalue weighted by Crippen LogP contribution is -2.13. The number of Topliss-reactive ketones (excluding diaryl/α,β-unsaturated/α-hetero) is 1. The van der Waals surface area contributed by atoms with Gasteiger partial charge in [0.25, 0.3) is 0 Å². The van der Waals surface area contributed by atoms with E-state index in [4.69, 9.17) is 5.73 Å². The molecule has 1 aromatic carbocycles. The van der Waals surface area contributed by atoms with Crippen LogP contribution < -0.4 is 5.73 Å². The van der Waals surface area contributed by atoms with E-state index in [1.807, 2.05) is 12.1 Å². The highest BCUT2D eigenvalue weighted by Crippen LogP contribution is 2.24. The molecule has 0 atom stereocenters. The molecule has 2 rings (SSSR count). The molecule has 1 aromatic rings. The molecule has 0 amide bonds. The number of ketones is 1. The minimum absolute atomic E-state index is 0.122. The number of hydrogen-bond donors (Lipinski definition) is 1. The molecule has 0 radical (unpaired) electrons. The van der Waals surface area contributed by atoms with Crippen LogP contribution in [-0.2, 0) is 6.42 Å². The first-order valence-corrected chi connectivity index (χ1v) is 5.74. The van der Waals surface area contributed by atoms with Crippen LogP contribution in [-0.4, -0.2) is 5.78 Å². The molecule has 18 heavy (non-hydrogen) atoms. The van der Waals surface area contributed by atoms with Crippen LogP contribution in [0.2, 0.25) is 0 Å². The molecule has 0 fully saturated rings. The summed E-state index contributed by atoms with van der Waals surface area (Å²) in [7, 11) is 0. The third-order valence-electron chi connectivity index (χ3n) is 3.02. The molecule has 3 heteroatoms. The van der Waals surface area contributed by atoms with Crippen molar-refractivity contribution in [3.8, 4) is 0 Å². The van der Waals surface area contributed by atoms with Crippen molar-refractivity contribution >= 4 is 5.78 Å². The number of allylic oxidation sites excluding steroid dienone is 5. The fraction of sp³-hybridized carbons (Fsp3) is 0.133. The second-order valence-corrected chi connectivity index (χ2v) is 4.16. The lowest BCUT2D eigenvalue weighted by molar-refractivity contribution is 0.103. The van der Waals surface area contributed by atoms with Crippen LogP contribution in [0.25, 0.3) is 0 Å². The Morgan fingerprint density at radius 3 is 2.78 bits per heavy atom. The highest BCUT2D eigenvalue weighted by atomic mass is 19.1. The Hall–Kier alpha value is -2.16. The molecule has 0 bridgehead atoms. The predicted molar refractivity (Wildman–Crippen MR) is 69.7 cm³/mol. The minimum Gasteiger partial charge on any atom is -0.395 e. The van der Waals surface area contributed by atoms with E-state index in [0.29, 0.717) is 24.0 Å². The van der Waals surface area contributed by atoms with E-state index in [2.05, 4.69) is 6.58 Å². The Kier molecular flexibility index (Phi) is 3.42. The number of halogens is 1. The molecule has 0 aromatic heterocycles. The van der Waals surface area contributed by atoms with Gasteiger partial charge in [0, 0.05) is 5.56 Å². The van der Waals surface area contributed by atoms with Crippen molar-refractivity contribution in [1.29, 1.82) is 0 Å². The zero-order chi connectivity index (χ0) is 13.1. The largest absolute Gasteiger partial charge is 0.395 e. The lowest BCUT2D eigenvalue weighted by atomic mass is 10.0. The van der Waals surface area contributed by atoms with Crippen LogP contribution in [0, 0.1) is 0 Å². The van der Waals surface area contributed by atoms with Crippen LogP contribution in [0.3, 0.4) is 0 Å². The summed E-state index contributed by atoms with van der Waals surface area (Å²) in [5.74, 6) is -0.710. The third-order valence-corrected chi connectivity index (χ3v) is 3.02. The van der Waals surface area contributed by atoms with Gasteiger partial charge in [-0.05, 0) is 36.1 Å². The number of hydrogen-bond acceptors (Lipinski definition) is 2. The monoisotopic (exact) mass is 243 g/mol. The molecule has 1 aliphatic rings. The fourth-order valence-electron chi connectivity index (χ4n) is 2.03. The molecule has 2 N–H and O–H groups in total. The maximum Gasteiger partial charge on any atom is 0.209 e. The standard InChI is InChI=1S/C15H14FNO/c1-2-12(16)9-11-8-7-10-5-3-4-6-13(10)15(18)14(11)17/h2-6,9H,1,7-8,17H2/b12-9+. The van der Waals surface area contributed by atoms with Gasteiger partial charge in [-0.1, -0.05) is 30.8 Å². The summed E-state index contributed by atoms with van der Waals surface area (Å²) in [4.78, 5) is 12.2. The van der Waals surface area contributed by atoms with E-state index < -0.39 is 5.83 Å². The van der Waals surface area contributed by atoms with Crippen LogP contribution in [0.4, 0.5) is 4.39 Å². The van der Waals surface area contributed by atoms with Gasteiger partial charge >= 0.3 is 0 Å². The van der Waals surface area contributed by atoms with Gasteiger partial charge in [0.15, 0.2) is 0 Å². The molecular formula is C15H14FNO. The summed E-state index contributed by atoms with van der Waals surface area (Å²) in [5.41, 5.74) is 8.04. The van der Waals surface area contributed by atoms with E-state index in [1.54, 1.807) is 12.1 Å². The molecule has 1 aliphatic carbocycles. The first kappa shape index (κ1) is 12.3. The smallest absolute Gasteiger partial charge is 0.209 e. The highest BCUT2D eigenvalue weighted by molar-refractivity contribution is 6.10. The molecule has 0 spiro atoms. The van der Waals surface area contributed by atoms with Crippen molar-refractivity contribution < 1.29 is 9.18 Å². The normalized spacial score (nSPS) is 16.3. The zero-order valence-corrected chi connectivity index (χ0v) is 9.95. The average Bonchev–Trinajstić information content (AvgIpc) is 2.51. The van der Waals surface area contributed by atoms with Gasteiger partial charge in [0.2, 0.25) is 5.78 Å². The second kappa shape index (κ2) is 5.00. The number of aryl methyl sites for hydroxylation is 1. The predicted octanol–water partition coefficient (Wildman–Crippen LogP) is 3.07. The minimum atomic E-state index is -0.480. The summed E-state index contributed by atoms with van der Waals surface area (Å²) < 4.78 is 13.2. The van der Waals surface area contributed by atoms with Crippen molar-refractivity contribution in [2.24, 2.45) is 5.73 Å². The molecule has 92 valence electrons. The lowest BCUT2D eigenvalue weighted by Gasteiger charge is -2.03. The molecule has 0 heterocycles. The van der Waals surface area contributed by atoms with Crippen molar-refractivity contribution in [3.05, 3.63) is 71.2 Å². The maximum atomic E-state index is 13.2. The average molecular weight is 243 g/mol. The van der Waals surface area contributed by atoms with Crippen molar-refractivity contribution in [2.75, 3.05) is 0 Å². The van der Waals surface area contributed by atoms with Crippen molar-refractivity contribution in [1.82, 2.24) is 0 Å². The van der Waals surface area contributed by atoms with Gasteiger partial charge in [-0.2, -0.15) is 0 Å². The van der Waals surface area contributed by atoms with E-state index >= 15 is 0 Å². The summed E-state index contributed by atoms with van der Waals surface area (Å²) in [6.07, 6.45) is 3.61. The molecular weight excluding hydrogens is 229 g/mol. The Bertz CT molecular complexity index is 570. The number of fused-ring (bicyclic) bond motifs is 1. The van der Waals surface area contributed by atoms with Crippen LogP contribution in [0.1, 0.15) is 22.3 Å².